The van der Waals surface area contributed by atoms with Gasteiger partial charge in [0.25, 0.3) is 5.91 Å². The molecule has 1 amide bonds. The van der Waals surface area contributed by atoms with Crippen molar-refractivity contribution in [3.63, 3.8) is 0 Å². The number of rotatable bonds is 4. The fourth-order valence-electron chi connectivity index (χ4n) is 2.18. The maximum Gasteiger partial charge on any atom is 0.256 e. The second kappa shape index (κ2) is 5.34. The van der Waals surface area contributed by atoms with Gasteiger partial charge in [-0.1, -0.05) is 19.1 Å². The summed E-state index contributed by atoms with van der Waals surface area (Å²) in [5.41, 5.74) is 2.68. The third-order valence-electron chi connectivity index (χ3n) is 3.35. The highest BCUT2D eigenvalue weighted by Gasteiger charge is 2.34. The van der Waals surface area contributed by atoms with Gasteiger partial charge < -0.3 is 0 Å². The Morgan fingerprint density at radius 1 is 1.32 bits per heavy atom. The van der Waals surface area contributed by atoms with Gasteiger partial charge in [0.15, 0.2) is 0 Å². The van der Waals surface area contributed by atoms with E-state index in [0.29, 0.717) is 5.71 Å². The molecule has 2 rings (SSSR count). The lowest BCUT2D eigenvalue weighted by atomic mass is 9.98. The first-order chi connectivity index (χ1) is 9.02. The van der Waals surface area contributed by atoms with Crippen LogP contribution in [-0.2, 0) is 16.0 Å². The van der Waals surface area contributed by atoms with Gasteiger partial charge in [-0.25, -0.2) is 5.01 Å². The van der Waals surface area contributed by atoms with Gasteiger partial charge in [0.2, 0.25) is 0 Å². The van der Waals surface area contributed by atoms with Gasteiger partial charge in [-0.2, -0.15) is 5.10 Å². The number of hydrogen-bond donors (Lipinski definition) is 0. The van der Waals surface area contributed by atoms with Crippen LogP contribution in [0.15, 0.2) is 29.4 Å². The number of carbonyl (C=O) groups is 2. The molecule has 4 heteroatoms. The maximum absolute atomic E-state index is 12.3. The zero-order chi connectivity index (χ0) is 14.0. The number of Topliss-reactive ketones (excluding diaryl/α,β-unsaturated/α-hetero) is 1. The predicted octanol–water partition coefficient (Wildman–Crippen LogP) is 2.57. The van der Waals surface area contributed by atoms with Crippen molar-refractivity contribution in [2.24, 2.45) is 11.0 Å². The predicted molar refractivity (Wildman–Crippen MR) is 75.2 cm³/mol. The molecule has 0 fully saturated rings. The lowest BCUT2D eigenvalue weighted by molar-refractivity contribution is -0.124. The number of carbonyl (C=O) groups excluding carboxylic acids is 2. The molecule has 1 aromatic carbocycles. The Labute approximate surface area is 113 Å². The lowest BCUT2D eigenvalue weighted by Crippen LogP contribution is -2.28. The van der Waals surface area contributed by atoms with Crippen molar-refractivity contribution in [3.8, 4) is 0 Å². The first-order valence-electron chi connectivity index (χ1n) is 6.50. The van der Waals surface area contributed by atoms with E-state index in [1.54, 1.807) is 6.92 Å². The Bertz CT molecular complexity index is 532. The fraction of sp³-hybridized carbons (Fsp3) is 0.400. The van der Waals surface area contributed by atoms with Crippen molar-refractivity contribution in [1.29, 1.82) is 0 Å². The number of hydrazone groups is 1. The molecule has 1 unspecified atom stereocenters. The largest absolute Gasteiger partial charge is 0.300 e. The monoisotopic (exact) mass is 258 g/mol. The standard InChI is InChI=1S/C15H18N2O2/c1-4-12-5-7-13(8-6-12)17-15(19)14(9-10(2)18)11(3)16-17/h5-8,14H,4,9H2,1-3H3. The van der Waals surface area contributed by atoms with Crippen molar-refractivity contribution in [2.45, 2.75) is 33.6 Å². The molecule has 0 saturated carbocycles. The van der Waals surface area contributed by atoms with Crippen molar-refractivity contribution >= 4 is 23.1 Å². The minimum atomic E-state index is -0.400. The van der Waals surface area contributed by atoms with E-state index in [4.69, 9.17) is 0 Å². The molecular formula is C15H18N2O2. The third-order valence-corrected chi connectivity index (χ3v) is 3.35. The van der Waals surface area contributed by atoms with E-state index >= 15 is 0 Å². The molecule has 100 valence electrons. The highest BCUT2D eigenvalue weighted by molar-refractivity contribution is 6.16. The molecule has 0 N–H and O–H groups in total. The fourth-order valence-corrected chi connectivity index (χ4v) is 2.18. The van der Waals surface area contributed by atoms with Gasteiger partial charge in [0.1, 0.15) is 5.78 Å². The summed E-state index contributed by atoms with van der Waals surface area (Å²) in [6.07, 6.45) is 1.20. The quantitative estimate of drug-likeness (QED) is 0.833. The van der Waals surface area contributed by atoms with Gasteiger partial charge in [0, 0.05) is 12.1 Å². The van der Waals surface area contributed by atoms with Crippen LogP contribution in [0.1, 0.15) is 32.8 Å². The van der Waals surface area contributed by atoms with Gasteiger partial charge in [-0.15, -0.1) is 0 Å². The van der Waals surface area contributed by atoms with Crippen LogP contribution in [0.4, 0.5) is 5.69 Å². The third kappa shape index (κ3) is 2.72. The molecular weight excluding hydrogens is 240 g/mol. The Hall–Kier alpha value is -1.97. The van der Waals surface area contributed by atoms with Gasteiger partial charge >= 0.3 is 0 Å². The van der Waals surface area contributed by atoms with Crippen molar-refractivity contribution in [3.05, 3.63) is 29.8 Å². The average Bonchev–Trinajstić information content (AvgIpc) is 2.66. The minimum Gasteiger partial charge on any atom is -0.300 e. The highest BCUT2D eigenvalue weighted by Crippen LogP contribution is 2.26. The zero-order valence-electron chi connectivity index (χ0n) is 11.5. The molecule has 19 heavy (non-hydrogen) atoms. The normalized spacial score (nSPS) is 18.7. The van der Waals surface area contributed by atoms with Crippen molar-refractivity contribution in [2.75, 3.05) is 5.01 Å². The Balaban J connectivity index is 2.22. The summed E-state index contributed by atoms with van der Waals surface area (Å²) < 4.78 is 0. The Morgan fingerprint density at radius 2 is 1.95 bits per heavy atom. The molecule has 0 bridgehead atoms. The minimum absolute atomic E-state index is 0.0103. The van der Waals surface area contributed by atoms with E-state index in [9.17, 15) is 9.59 Å². The summed E-state index contributed by atoms with van der Waals surface area (Å²) in [6.45, 7) is 5.38. The molecule has 0 aromatic heterocycles. The number of anilines is 1. The van der Waals surface area contributed by atoms with Crippen LogP contribution in [0.2, 0.25) is 0 Å². The zero-order valence-corrected chi connectivity index (χ0v) is 11.5. The number of aryl methyl sites for hydroxylation is 1. The Morgan fingerprint density at radius 3 is 2.47 bits per heavy atom. The number of benzene rings is 1. The van der Waals surface area contributed by atoms with E-state index < -0.39 is 5.92 Å². The molecule has 1 aliphatic rings. The van der Waals surface area contributed by atoms with Crippen LogP contribution < -0.4 is 5.01 Å². The second-order valence-electron chi connectivity index (χ2n) is 4.87. The molecule has 4 nitrogen and oxygen atoms in total. The summed E-state index contributed by atoms with van der Waals surface area (Å²) in [6, 6.07) is 7.77. The first-order valence-corrected chi connectivity index (χ1v) is 6.50. The summed E-state index contributed by atoms with van der Waals surface area (Å²) in [7, 11) is 0. The van der Waals surface area contributed by atoms with Crippen molar-refractivity contribution < 1.29 is 9.59 Å². The molecule has 1 aliphatic heterocycles. The molecule has 1 atom stereocenters. The highest BCUT2D eigenvalue weighted by atomic mass is 16.2. The van der Waals surface area contributed by atoms with Crippen LogP contribution in [0.3, 0.4) is 0 Å². The topological polar surface area (TPSA) is 49.7 Å². The lowest BCUT2D eigenvalue weighted by Gasteiger charge is -2.14. The van der Waals surface area contributed by atoms with E-state index in [0.717, 1.165) is 12.1 Å². The van der Waals surface area contributed by atoms with E-state index in [1.807, 2.05) is 24.3 Å². The van der Waals surface area contributed by atoms with Crippen molar-refractivity contribution in [1.82, 2.24) is 0 Å². The van der Waals surface area contributed by atoms with Crippen LogP contribution in [0.5, 0.6) is 0 Å². The van der Waals surface area contributed by atoms with Crippen LogP contribution in [0, 0.1) is 5.92 Å². The summed E-state index contributed by atoms with van der Waals surface area (Å²) >= 11 is 0. The van der Waals surface area contributed by atoms with Crippen LogP contribution in [-0.4, -0.2) is 17.4 Å². The van der Waals surface area contributed by atoms with E-state index in [1.165, 1.54) is 17.5 Å². The smallest absolute Gasteiger partial charge is 0.256 e. The van der Waals surface area contributed by atoms with Gasteiger partial charge in [-0.3, -0.25) is 9.59 Å². The maximum atomic E-state index is 12.3. The summed E-state index contributed by atoms with van der Waals surface area (Å²) in [5, 5.41) is 5.68. The van der Waals surface area contributed by atoms with Crippen LogP contribution >= 0.6 is 0 Å². The summed E-state index contributed by atoms with van der Waals surface area (Å²) in [4.78, 5) is 23.5. The van der Waals surface area contributed by atoms with Crippen LogP contribution in [0.25, 0.3) is 0 Å². The molecule has 1 aromatic rings. The number of hydrogen-bond acceptors (Lipinski definition) is 3. The first kappa shape index (κ1) is 13.5. The molecule has 0 saturated heterocycles. The second-order valence-corrected chi connectivity index (χ2v) is 4.87. The van der Waals surface area contributed by atoms with E-state index in [-0.39, 0.29) is 18.1 Å². The summed E-state index contributed by atoms with van der Waals surface area (Å²) in [5.74, 6) is -0.503. The number of amides is 1. The number of nitrogens with zero attached hydrogens (tertiary/aromatic N) is 2. The van der Waals surface area contributed by atoms with E-state index in [2.05, 4.69) is 12.0 Å². The van der Waals surface area contributed by atoms with Gasteiger partial charge in [0.05, 0.1) is 11.6 Å². The molecule has 0 spiro atoms. The molecule has 1 heterocycles. The SMILES string of the molecule is CCc1ccc(N2N=C(C)C(CC(C)=O)C2=O)cc1. The number of ketones is 1. The molecule has 0 radical (unpaired) electrons. The Kier molecular flexibility index (Phi) is 3.79. The molecule has 0 aliphatic carbocycles. The average molecular weight is 258 g/mol. The van der Waals surface area contributed by atoms with Gasteiger partial charge in [-0.05, 0) is 38.0 Å².